The molecule has 0 bridgehead atoms. The number of carbonyl (C=O) groups excluding carboxylic acids is 1. The Kier molecular flexibility index (Phi) is 2.88. The molecule has 5 heteroatoms. The van der Waals surface area contributed by atoms with Gasteiger partial charge >= 0.3 is 0 Å². The average Bonchev–Trinajstić information content (AvgIpc) is 2.34. The Morgan fingerprint density at radius 1 is 1.59 bits per heavy atom. The summed E-state index contributed by atoms with van der Waals surface area (Å²) < 4.78 is 5.49. The Morgan fingerprint density at radius 3 is 3.00 bits per heavy atom. The number of carbonyl (C=O) groups is 1. The van der Waals surface area contributed by atoms with E-state index in [9.17, 15) is 4.79 Å². The highest BCUT2D eigenvalue weighted by atomic mass is 16.5. The average molecular weight is 231 g/mol. The summed E-state index contributed by atoms with van der Waals surface area (Å²) >= 11 is 0. The molecule has 1 N–H and O–H groups in total. The minimum atomic E-state index is -0.545. The lowest BCUT2D eigenvalue weighted by molar-refractivity contribution is -0.125. The molecule has 5 nitrogen and oxygen atoms in total. The lowest BCUT2D eigenvalue weighted by Crippen LogP contribution is -2.44. The van der Waals surface area contributed by atoms with Crippen LogP contribution >= 0.6 is 0 Å². The molecular formula is C12H13N3O2. The zero-order chi connectivity index (χ0) is 12.4. The number of benzene rings is 1. The Balaban J connectivity index is 2.48. The second-order valence-electron chi connectivity index (χ2n) is 3.78. The van der Waals surface area contributed by atoms with Crippen LogP contribution in [0.2, 0.25) is 0 Å². The summed E-state index contributed by atoms with van der Waals surface area (Å²) in [4.78, 5) is 13.4. The Labute approximate surface area is 99.6 Å². The van der Waals surface area contributed by atoms with Gasteiger partial charge in [-0.25, -0.2) is 0 Å². The number of hydrogen-bond donors (Lipinski definition) is 1. The topological polar surface area (TPSA) is 65.4 Å². The van der Waals surface area contributed by atoms with Crippen LogP contribution in [0.4, 0.5) is 11.4 Å². The second-order valence-corrected chi connectivity index (χ2v) is 3.78. The first-order valence-electron chi connectivity index (χ1n) is 5.34. The number of amides is 1. The fourth-order valence-corrected chi connectivity index (χ4v) is 1.80. The van der Waals surface area contributed by atoms with Crippen molar-refractivity contribution in [3.8, 4) is 11.8 Å². The van der Waals surface area contributed by atoms with E-state index in [1.165, 1.54) is 4.90 Å². The van der Waals surface area contributed by atoms with Crippen LogP contribution in [-0.2, 0) is 4.79 Å². The number of ether oxygens (including phenoxy) is 1. The fourth-order valence-electron chi connectivity index (χ4n) is 1.80. The lowest BCUT2D eigenvalue weighted by Gasteiger charge is -2.31. The van der Waals surface area contributed by atoms with Gasteiger partial charge in [0.15, 0.2) is 6.10 Å². The van der Waals surface area contributed by atoms with Crippen molar-refractivity contribution >= 4 is 17.3 Å². The van der Waals surface area contributed by atoms with Crippen LogP contribution in [0.15, 0.2) is 18.2 Å². The number of rotatable bonds is 2. The molecule has 0 spiro atoms. The first kappa shape index (κ1) is 11.3. The molecule has 0 saturated carbocycles. The number of nitriles is 1. The third-order valence-corrected chi connectivity index (χ3v) is 2.68. The zero-order valence-corrected chi connectivity index (χ0v) is 9.73. The van der Waals surface area contributed by atoms with E-state index < -0.39 is 6.10 Å². The highest BCUT2D eigenvalue weighted by Gasteiger charge is 2.31. The normalized spacial score (nSPS) is 18.1. The largest absolute Gasteiger partial charge is 0.479 e. The number of hydrogen-bond acceptors (Lipinski definition) is 4. The smallest absolute Gasteiger partial charge is 0.268 e. The molecule has 0 saturated heterocycles. The number of nitrogens with zero attached hydrogens (tertiary/aromatic N) is 2. The summed E-state index contributed by atoms with van der Waals surface area (Å²) in [6.45, 7) is 1.72. The highest BCUT2D eigenvalue weighted by Crippen LogP contribution is 2.35. The van der Waals surface area contributed by atoms with Crippen molar-refractivity contribution < 1.29 is 9.53 Å². The summed E-state index contributed by atoms with van der Waals surface area (Å²) in [5.74, 6) is 0.443. The second kappa shape index (κ2) is 4.34. The van der Waals surface area contributed by atoms with E-state index in [1.54, 1.807) is 26.1 Å². The van der Waals surface area contributed by atoms with Crippen LogP contribution in [0.1, 0.15) is 6.92 Å². The summed E-state index contributed by atoms with van der Waals surface area (Å²) in [5, 5.41) is 11.8. The molecule has 0 aliphatic carbocycles. The van der Waals surface area contributed by atoms with Crippen molar-refractivity contribution in [3.63, 3.8) is 0 Å². The van der Waals surface area contributed by atoms with E-state index in [-0.39, 0.29) is 12.5 Å². The van der Waals surface area contributed by atoms with Crippen molar-refractivity contribution in [2.24, 2.45) is 0 Å². The number of nitrogens with one attached hydrogen (secondary N) is 1. The molecule has 1 aromatic carbocycles. The van der Waals surface area contributed by atoms with E-state index in [0.717, 1.165) is 5.69 Å². The maximum atomic E-state index is 11.9. The van der Waals surface area contributed by atoms with Crippen molar-refractivity contribution in [2.45, 2.75) is 13.0 Å². The minimum Gasteiger partial charge on any atom is -0.479 e. The van der Waals surface area contributed by atoms with E-state index in [2.05, 4.69) is 5.32 Å². The quantitative estimate of drug-likeness (QED) is 0.780. The third kappa shape index (κ3) is 1.89. The van der Waals surface area contributed by atoms with E-state index in [1.807, 2.05) is 12.1 Å². The van der Waals surface area contributed by atoms with Gasteiger partial charge in [0.2, 0.25) is 0 Å². The fraction of sp³-hybridized carbons (Fsp3) is 0.333. The van der Waals surface area contributed by atoms with Gasteiger partial charge in [-0.2, -0.15) is 5.26 Å². The maximum Gasteiger partial charge on any atom is 0.268 e. The van der Waals surface area contributed by atoms with Crippen molar-refractivity contribution in [2.75, 3.05) is 23.8 Å². The molecule has 2 rings (SSSR count). The van der Waals surface area contributed by atoms with Gasteiger partial charge in [-0.1, -0.05) is 0 Å². The molecule has 1 aromatic rings. The van der Waals surface area contributed by atoms with Crippen LogP contribution in [0.3, 0.4) is 0 Å². The summed E-state index contributed by atoms with van der Waals surface area (Å²) in [6, 6.07) is 7.46. The van der Waals surface area contributed by atoms with Crippen LogP contribution < -0.4 is 15.0 Å². The molecule has 17 heavy (non-hydrogen) atoms. The minimum absolute atomic E-state index is 0.0344. The summed E-state index contributed by atoms with van der Waals surface area (Å²) in [6.07, 6.45) is -0.545. The summed E-state index contributed by atoms with van der Waals surface area (Å²) in [7, 11) is 1.80. The first-order valence-corrected chi connectivity index (χ1v) is 5.34. The Bertz CT molecular complexity index is 493. The third-order valence-electron chi connectivity index (χ3n) is 2.68. The van der Waals surface area contributed by atoms with Gasteiger partial charge in [0.05, 0.1) is 11.8 Å². The SMILES string of the molecule is CNc1ccc2c(c1)N(CC#N)C(=O)C(C)O2. The standard InChI is InChI=1S/C12H13N3O2/c1-8-12(16)15(6-5-13)10-7-9(14-2)3-4-11(10)17-8/h3-4,7-8,14H,6H2,1-2H3. The van der Waals surface area contributed by atoms with Gasteiger partial charge in [0, 0.05) is 12.7 Å². The Hall–Kier alpha value is -2.22. The van der Waals surface area contributed by atoms with Gasteiger partial charge in [-0.3, -0.25) is 9.69 Å². The van der Waals surface area contributed by atoms with Crippen molar-refractivity contribution in [1.82, 2.24) is 0 Å². The highest BCUT2D eigenvalue weighted by molar-refractivity contribution is 6.00. The van der Waals surface area contributed by atoms with Crippen LogP contribution in [0.5, 0.6) is 5.75 Å². The van der Waals surface area contributed by atoms with Crippen LogP contribution in [0.25, 0.3) is 0 Å². The van der Waals surface area contributed by atoms with Crippen LogP contribution in [-0.4, -0.2) is 25.6 Å². The maximum absolute atomic E-state index is 11.9. The molecule has 1 atom stereocenters. The van der Waals surface area contributed by atoms with E-state index in [0.29, 0.717) is 11.4 Å². The lowest BCUT2D eigenvalue weighted by atomic mass is 10.1. The van der Waals surface area contributed by atoms with Crippen molar-refractivity contribution in [1.29, 1.82) is 5.26 Å². The zero-order valence-electron chi connectivity index (χ0n) is 9.73. The summed E-state index contributed by atoms with van der Waals surface area (Å²) in [5.41, 5.74) is 1.51. The predicted octanol–water partition coefficient (Wildman–Crippen LogP) is 1.37. The molecule has 0 radical (unpaired) electrons. The number of fused-ring (bicyclic) bond motifs is 1. The molecule has 1 aliphatic heterocycles. The van der Waals surface area contributed by atoms with Gasteiger partial charge < -0.3 is 10.1 Å². The van der Waals surface area contributed by atoms with E-state index in [4.69, 9.17) is 10.00 Å². The van der Waals surface area contributed by atoms with Crippen molar-refractivity contribution in [3.05, 3.63) is 18.2 Å². The van der Waals surface area contributed by atoms with Gasteiger partial charge in [0.25, 0.3) is 5.91 Å². The predicted molar refractivity (Wildman–Crippen MR) is 64.0 cm³/mol. The van der Waals surface area contributed by atoms with Gasteiger partial charge in [0.1, 0.15) is 12.3 Å². The molecular weight excluding hydrogens is 218 g/mol. The first-order chi connectivity index (χ1) is 8.17. The van der Waals surface area contributed by atoms with Gasteiger partial charge in [-0.15, -0.1) is 0 Å². The molecule has 1 unspecified atom stereocenters. The van der Waals surface area contributed by atoms with Crippen LogP contribution in [0, 0.1) is 11.3 Å². The van der Waals surface area contributed by atoms with E-state index >= 15 is 0 Å². The van der Waals surface area contributed by atoms with Gasteiger partial charge in [-0.05, 0) is 25.1 Å². The monoisotopic (exact) mass is 231 g/mol. The molecule has 1 aliphatic rings. The molecule has 0 aromatic heterocycles. The molecule has 1 heterocycles. The molecule has 1 amide bonds. The number of anilines is 2. The molecule has 0 fully saturated rings. The molecule has 88 valence electrons. The Morgan fingerprint density at radius 2 is 2.35 bits per heavy atom.